The van der Waals surface area contributed by atoms with Crippen molar-refractivity contribution in [2.45, 2.75) is 25.5 Å². The summed E-state index contributed by atoms with van der Waals surface area (Å²) < 4.78 is 11.1. The monoisotopic (exact) mass is 242 g/mol. The number of hydrogen-bond donors (Lipinski definition) is 1. The lowest BCUT2D eigenvalue weighted by Crippen LogP contribution is -2.46. The third-order valence-corrected chi connectivity index (χ3v) is 3.71. The summed E-state index contributed by atoms with van der Waals surface area (Å²) in [6.45, 7) is 4.10. The van der Waals surface area contributed by atoms with Crippen LogP contribution >= 0.6 is 11.3 Å². The molecule has 4 nitrogen and oxygen atoms in total. The van der Waals surface area contributed by atoms with Crippen molar-refractivity contribution in [2.75, 3.05) is 26.9 Å². The van der Waals surface area contributed by atoms with Crippen molar-refractivity contribution in [1.29, 1.82) is 0 Å². The molecule has 0 spiro atoms. The molecule has 1 aliphatic rings. The predicted molar refractivity (Wildman–Crippen MR) is 64.0 cm³/mol. The van der Waals surface area contributed by atoms with E-state index in [9.17, 15) is 0 Å². The van der Waals surface area contributed by atoms with Gasteiger partial charge in [-0.2, -0.15) is 0 Å². The first-order valence-electron chi connectivity index (χ1n) is 5.57. The molecular formula is C11H18N2O2S. The Hall–Kier alpha value is -0.490. The van der Waals surface area contributed by atoms with Crippen LogP contribution in [0.25, 0.3) is 0 Å². The van der Waals surface area contributed by atoms with Gasteiger partial charge in [0.1, 0.15) is 0 Å². The summed E-state index contributed by atoms with van der Waals surface area (Å²) in [7, 11) is 1.96. The van der Waals surface area contributed by atoms with Gasteiger partial charge in [-0.25, -0.2) is 4.98 Å². The zero-order valence-corrected chi connectivity index (χ0v) is 10.5. The fraction of sp³-hybridized carbons (Fsp3) is 0.727. The minimum Gasteiger partial charge on any atom is -0.376 e. The van der Waals surface area contributed by atoms with Crippen LogP contribution < -0.4 is 5.32 Å². The summed E-state index contributed by atoms with van der Waals surface area (Å²) in [6.07, 6.45) is 1.05. The predicted octanol–water partition coefficient (Wildman–Crippen LogP) is 0.997. The van der Waals surface area contributed by atoms with E-state index in [0.29, 0.717) is 19.8 Å². The van der Waals surface area contributed by atoms with Gasteiger partial charge in [0.15, 0.2) is 0 Å². The molecule has 2 unspecified atom stereocenters. The van der Waals surface area contributed by atoms with E-state index >= 15 is 0 Å². The summed E-state index contributed by atoms with van der Waals surface area (Å²) in [5.74, 6) is 0. The largest absolute Gasteiger partial charge is 0.376 e. The average molecular weight is 242 g/mol. The van der Waals surface area contributed by atoms with Crippen molar-refractivity contribution >= 4 is 11.3 Å². The second-order valence-electron chi connectivity index (χ2n) is 3.97. The standard InChI is InChI=1S/C11H18N2O2S/c1-8-7-16-11(13-8)5-9(12-2)10-6-14-3-4-15-10/h7,9-10,12H,3-6H2,1-2H3. The molecule has 0 aliphatic carbocycles. The van der Waals surface area contributed by atoms with E-state index in [4.69, 9.17) is 9.47 Å². The smallest absolute Gasteiger partial charge is 0.0966 e. The molecule has 1 fully saturated rings. The van der Waals surface area contributed by atoms with Gasteiger partial charge in [0.2, 0.25) is 0 Å². The van der Waals surface area contributed by atoms with E-state index in [1.54, 1.807) is 11.3 Å². The molecule has 90 valence electrons. The first kappa shape index (κ1) is 12.0. The maximum absolute atomic E-state index is 5.70. The zero-order valence-electron chi connectivity index (χ0n) is 9.73. The van der Waals surface area contributed by atoms with Gasteiger partial charge in [0.05, 0.1) is 30.9 Å². The van der Waals surface area contributed by atoms with Crippen molar-refractivity contribution in [3.05, 3.63) is 16.1 Å². The van der Waals surface area contributed by atoms with Crippen LogP contribution in [0.2, 0.25) is 0 Å². The zero-order chi connectivity index (χ0) is 11.4. The van der Waals surface area contributed by atoms with Crippen LogP contribution in [0.1, 0.15) is 10.7 Å². The van der Waals surface area contributed by atoms with Gasteiger partial charge < -0.3 is 14.8 Å². The molecule has 1 saturated heterocycles. The van der Waals surface area contributed by atoms with Gasteiger partial charge in [-0.05, 0) is 14.0 Å². The van der Waals surface area contributed by atoms with Gasteiger partial charge in [0, 0.05) is 23.5 Å². The SMILES string of the molecule is CNC(Cc1nc(C)cs1)C1COCCO1. The first-order valence-corrected chi connectivity index (χ1v) is 6.45. The number of ether oxygens (including phenoxy) is 2. The van der Waals surface area contributed by atoms with Crippen molar-refractivity contribution < 1.29 is 9.47 Å². The van der Waals surface area contributed by atoms with Crippen LogP contribution in [-0.2, 0) is 15.9 Å². The number of aromatic nitrogens is 1. The molecule has 0 radical (unpaired) electrons. The van der Waals surface area contributed by atoms with Crippen LogP contribution in [-0.4, -0.2) is 44.0 Å². The molecule has 1 aliphatic heterocycles. The van der Waals surface area contributed by atoms with Gasteiger partial charge in [-0.3, -0.25) is 0 Å². The number of hydrogen-bond acceptors (Lipinski definition) is 5. The molecule has 16 heavy (non-hydrogen) atoms. The van der Waals surface area contributed by atoms with E-state index in [1.807, 2.05) is 14.0 Å². The highest BCUT2D eigenvalue weighted by molar-refractivity contribution is 7.09. The number of aryl methyl sites for hydroxylation is 1. The Labute approximate surface area is 100.0 Å². The van der Waals surface area contributed by atoms with Gasteiger partial charge in [-0.15, -0.1) is 11.3 Å². The molecule has 0 bridgehead atoms. The molecule has 0 amide bonds. The molecule has 2 rings (SSSR count). The Morgan fingerprint density at radius 2 is 2.50 bits per heavy atom. The summed E-state index contributed by atoms with van der Waals surface area (Å²) in [5, 5.41) is 6.53. The minimum atomic E-state index is 0.142. The van der Waals surface area contributed by atoms with Crippen LogP contribution in [0.15, 0.2) is 5.38 Å². The lowest BCUT2D eigenvalue weighted by molar-refractivity contribution is -0.100. The fourth-order valence-corrected chi connectivity index (χ4v) is 2.67. The highest BCUT2D eigenvalue weighted by atomic mass is 32.1. The topological polar surface area (TPSA) is 43.4 Å². The Morgan fingerprint density at radius 3 is 3.06 bits per heavy atom. The van der Waals surface area contributed by atoms with Crippen LogP contribution in [0.3, 0.4) is 0 Å². The summed E-state index contributed by atoms with van der Waals surface area (Å²) in [5.41, 5.74) is 1.09. The fourth-order valence-electron chi connectivity index (χ4n) is 1.84. The third-order valence-electron chi connectivity index (χ3n) is 2.72. The number of likely N-dealkylation sites (N-methyl/N-ethyl adjacent to an activating group) is 1. The van der Waals surface area contributed by atoms with Gasteiger partial charge >= 0.3 is 0 Å². The Bertz CT molecular complexity index is 324. The molecule has 1 aromatic heterocycles. The molecule has 0 aromatic carbocycles. The maximum atomic E-state index is 5.70. The molecule has 5 heteroatoms. The van der Waals surface area contributed by atoms with Gasteiger partial charge in [0.25, 0.3) is 0 Å². The molecule has 2 heterocycles. The van der Waals surface area contributed by atoms with Crippen molar-refractivity contribution in [3.63, 3.8) is 0 Å². The molecule has 2 atom stereocenters. The van der Waals surface area contributed by atoms with E-state index in [-0.39, 0.29) is 12.1 Å². The molecule has 1 aromatic rings. The third kappa shape index (κ3) is 3.01. The molecule has 1 N–H and O–H groups in total. The van der Waals surface area contributed by atoms with Crippen LogP contribution in [0.4, 0.5) is 0 Å². The lowest BCUT2D eigenvalue weighted by Gasteiger charge is -2.29. The molecule has 0 saturated carbocycles. The van der Waals surface area contributed by atoms with E-state index < -0.39 is 0 Å². The van der Waals surface area contributed by atoms with Crippen LogP contribution in [0, 0.1) is 6.92 Å². The second kappa shape index (κ2) is 5.72. The second-order valence-corrected chi connectivity index (χ2v) is 4.91. The van der Waals surface area contributed by atoms with Crippen molar-refractivity contribution in [3.8, 4) is 0 Å². The lowest BCUT2D eigenvalue weighted by atomic mass is 10.1. The molecular weight excluding hydrogens is 224 g/mol. The van der Waals surface area contributed by atoms with Crippen molar-refractivity contribution in [1.82, 2.24) is 10.3 Å². The normalized spacial score (nSPS) is 23.2. The summed E-state index contributed by atoms with van der Waals surface area (Å²) >= 11 is 1.71. The minimum absolute atomic E-state index is 0.142. The Kier molecular flexibility index (Phi) is 4.29. The highest BCUT2D eigenvalue weighted by Crippen LogP contribution is 2.15. The first-order chi connectivity index (χ1) is 7.79. The summed E-state index contributed by atoms with van der Waals surface area (Å²) in [6, 6.07) is 0.283. The van der Waals surface area contributed by atoms with E-state index in [0.717, 1.165) is 17.1 Å². The maximum Gasteiger partial charge on any atom is 0.0966 e. The number of rotatable bonds is 4. The highest BCUT2D eigenvalue weighted by Gasteiger charge is 2.24. The van der Waals surface area contributed by atoms with Gasteiger partial charge in [-0.1, -0.05) is 0 Å². The number of nitrogens with zero attached hydrogens (tertiary/aromatic N) is 1. The number of nitrogens with one attached hydrogen (secondary N) is 1. The van der Waals surface area contributed by atoms with E-state index in [1.165, 1.54) is 0 Å². The van der Waals surface area contributed by atoms with Crippen LogP contribution in [0.5, 0.6) is 0 Å². The summed E-state index contributed by atoms with van der Waals surface area (Å²) in [4.78, 5) is 4.48. The number of thiazole rings is 1. The van der Waals surface area contributed by atoms with Crippen molar-refractivity contribution in [2.24, 2.45) is 0 Å². The quantitative estimate of drug-likeness (QED) is 0.855. The Balaban J connectivity index is 1.94. The Morgan fingerprint density at radius 1 is 1.62 bits per heavy atom. The average Bonchev–Trinajstić information content (AvgIpc) is 2.73. The van der Waals surface area contributed by atoms with E-state index in [2.05, 4.69) is 15.7 Å².